The fourth-order valence-corrected chi connectivity index (χ4v) is 3.51. The maximum absolute atomic E-state index is 12.7. The highest BCUT2D eigenvalue weighted by Gasteiger charge is 2.19. The Hall–Kier alpha value is -3.39. The lowest BCUT2D eigenvalue weighted by Gasteiger charge is -2.28. The Kier molecular flexibility index (Phi) is 4.48. The number of piperazine rings is 1. The molecule has 0 atom stereocenters. The van der Waals surface area contributed by atoms with Gasteiger partial charge in [-0.05, 0) is 42.8 Å². The number of aromatic nitrogens is 2. The van der Waals surface area contributed by atoms with E-state index in [2.05, 4.69) is 10.2 Å². The molecule has 8 heteroatoms. The van der Waals surface area contributed by atoms with Gasteiger partial charge in [-0.15, -0.1) is 0 Å². The van der Waals surface area contributed by atoms with Crippen LogP contribution >= 0.6 is 0 Å². The maximum atomic E-state index is 12.7. The van der Waals surface area contributed by atoms with Crippen LogP contribution in [-0.2, 0) is 0 Å². The van der Waals surface area contributed by atoms with Crippen molar-refractivity contribution in [3.63, 3.8) is 0 Å². The van der Waals surface area contributed by atoms with E-state index in [1.807, 2.05) is 0 Å². The van der Waals surface area contributed by atoms with Crippen molar-refractivity contribution in [1.29, 1.82) is 0 Å². The quantitative estimate of drug-likeness (QED) is 0.632. The van der Waals surface area contributed by atoms with E-state index in [-0.39, 0.29) is 16.7 Å². The fraction of sp³-hybridized carbons (Fsp3) is 0.250. The number of fused-ring (bicyclic) bond motifs is 1. The monoisotopic (exact) mass is 380 g/mol. The molecule has 1 aliphatic rings. The van der Waals surface area contributed by atoms with Crippen molar-refractivity contribution < 1.29 is 15.0 Å². The van der Waals surface area contributed by atoms with Crippen LogP contribution in [0.4, 0.5) is 5.82 Å². The van der Waals surface area contributed by atoms with Gasteiger partial charge in [-0.3, -0.25) is 9.36 Å². The summed E-state index contributed by atoms with van der Waals surface area (Å²) >= 11 is 0. The zero-order chi connectivity index (χ0) is 19.8. The van der Waals surface area contributed by atoms with Crippen LogP contribution in [0.5, 0.6) is 5.75 Å². The normalized spacial score (nSPS) is 14.4. The molecular weight excluding hydrogens is 360 g/mol. The number of aromatic carboxylic acids is 1. The van der Waals surface area contributed by atoms with Gasteiger partial charge in [-0.25, -0.2) is 9.78 Å². The molecule has 144 valence electrons. The van der Waals surface area contributed by atoms with Crippen molar-refractivity contribution in [2.75, 3.05) is 31.1 Å². The number of nitrogens with zero attached hydrogens (tertiary/aromatic N) is 3. The number of hydrogen-bond donors (Lipinski definition) is 3. The number of aryl methyl sites for hydroxylation is 1. The van der Waals surface area contributed by atoms with Crippen LogP contribution in [0.2, 0.25) is 0 Å². The molecule has 0 radical (unpaired) electrons. The summed E-state index contributed by atoms with van der Waals surface area (Å²) in [6.07, 6.45) is 1.31. The largest absolute Gasteiger partial charge is 0.508 e. The number of phenolic OH excluding ortho intramolecular Hbond substituents is 1. The third-order valence-corrected chi connectivity index (χ3v) is 4.95. The van der Waals surface area contributed by atoms with E-state index < -0.39 is 11.4 Å². The standard InChI is InChI=1S/C20H20N4O4/c1-12-10-13(25)2-4-16(12)24-11-15(20(27)28)18(26)14-3-5-17(22-19(14)24)23-8-6-21-7-9-23/h2-5,10-11,21,25H,6-9H2,1H3,(H,27,28). The molecule has 0 aliphatic carbocycles. The molecule has 8 nitrogen and oxygen atoms in total. The molecule has 0 spiro atoms. The van der Waals surface area contributed by atoms with Crippen LogP contribution in [0.3, 0.4) is 0 Å². The van der Waals surface area contributed by atoms with Gasteiger partial charge in [0.1, 0.15) is 17.1 Å². The summed E-state index contributed by atoms with van der Waals surface area (Å²) in [7, 11) is 0. The lowest BCUT2D eigenvalue weighted by molar-refractivity contribution is 0.0695. The van der Waals surface area contributed by atoms with Gasteiger partial charge in [0.05, 0.1) is 11.1 Å². The number of carboxylic acids is 1. The molecule has 0 bridgehead atoms. The van der Waals surface area contributed by atoms with Crippen LogP contribution in [0.15, 0.2) is 41.3 Å². The van der Waals surface area contributed by atoms with Gasteiger partial charge >= 0.3 is 5.97 Å². The zero-order valence-electron chi connectivity index (χ0n) is 15.3. The molecule has 0 unspecified atom stereocenters. The molecule has 4 rings (SSSR count). The van der Waals surface area contributed by atoms with E-state index in [1.54, 1.807) is 35.8 Å². The minimum Gasteiger partial charge on any atom is -0.508 e. The molecule has 1 aromatic carbocycles. The lowest BCUT2D eigenvalue weighted by Crippen LogP contribution is -2.43. The molecule has 3 aromatic rings. The van der Waals surface area contributed by atoms with E-state index in [9.17, 15) is 19.8 Å². The van der Waals surface area contributed by atoms with Gasteiger partial charge in [0, 0.05) is 32.4 Å². The zero-order valence-corrected chi connectivity index (χ0v) is 15.3. The Morgan fingerprint density at radius 2 is 1.93 bits per heavy atom. The summed E-state index contributed by atoms with van der Waals surface area (Å²) in [6.45, 7) is 5.10. The number of pyridine rings is 2. The van der Waals surface area contributed by atoms with Gasteiger partial charge in [0.25, 0.3) is 0 Å². The molecular formula is C20H20N4O4. The summed E-state index contributed by atoms with van der Waals surface area (Å²) in [5.74, 6) is -0.440. The van der Waals surface area contributed by atoms with Gasteiger partial charge in [-0.2, -0.15) is 0 Å². The number of nitrogens with one attached hydrogen (secondary N) is 1. The molecule has 0 saturated carbocycles. The van der Waals surface area contributed by atoms with Crippen molar-refractivity contribution in [2.24, 2.45) is 0 Å². The van der Waals surface area contributed by atoms with Crippen LogP contribution < -0.4 is 15.6 Å². The Balaban J connectivity index is 2.00. The number of aromatic hydroxyl groups is 1. The number of anilines is 1. The molecule has 2 aromatic heterocycles. The van der Waals surface area contributed by atoms with Crippen molar-refractivity contribution in [1.82, 2.24) is 14.9 Å². The molecule has 0 amide bonds. The SMILES string of the molecule is Cc1cc(O)ccc1-n1cc(C(=O)O)c(=O)c2ccc(N3CCNCC3)nc21. The average molecular weight is 380 g/mol. The minimum absolute atomic E-state index is 0.111. The molecule has 1 saturated heterocycles. The molecule has 3 heterocycles. The number of carboxylic acid groups (broad SMARTS) is 1. The van der Waals surface area contributed by atoms with E-state index in [4.69, 9.17) is 4.98 Å². The van der Waals surface area contributed by atoms with Crippen LogP contribution in [0.25, 0.3) is 16.7 Å². The van der Waals surface area contributed by atoms with Crippen molar-refractivity contribution in [2.45, 2.75) is 6.92 Å². The predicted octanol–water partition coefficient (Wildman–Crippen LogP) is 1.51. The molecule has 3 N–H and O–H groups in total. The summed E-state index contributed by atoms with van der Waals surface area (Å²) in [6, 6.07) is 8.18. The summed E-state index contributed by atoms with van der Waals surface area (Å²) in [5.41, 5.74) is 0.886. The number of benzene rings is 1. The van der Waals surface area contributed by atoms with Gasteiger partial charge in [0.2, 0.25) is 5.43 Å². The van der Waals surface area contributed by atoms with Gasteiger partial charge in [-0.1, -0.05) is 0 Å². The third-order valence-electron chi connectivity index (χ3n) is 4.95. The first-order valence-electron chi connectivity index (χ1n) is 9.01. The molecule has 1 aliphatic heterocycles. The molecule has 28 heavy (non-hydrogen) atoms. The Bertz CT molecular complexity index is 1130. The Morgan fingerprint density at radius 1 is 1.18 bits per heavy atom. The number of phenols is 1. The van der Waals surface area contributed by atoms with Crippen LogP contribution in [-0.4, -0.2) is 51.9 Å². The van der Waals surface area contributed by atoms with Crippen molar-refractivity contribution >= 4 is 22.8 Å². The second kappa shape index (κ2) is 6.97. The van der Waals surface area contributed by atoms with E-state index >= 15 is 0 Å². The maximum Gasteiger partial charge on any atom is 0.341 e. The minimum atomic E-state index is -1.29. The fourth-order valence-electron chi connectivity index (χ4n) is 3.51. The van der Waals surface area contributed by atoms with E-state index in [0.29, 0.717) is 11.3 Å². The van der Waals surface area contributed by atoms with E-state index in [0.717, 1.165) is 37.6 Å². The number of rotatable bonds is 3. The highest BCUT2D eigenvalue weighted by molar-refractivity contribution is 5.92. The highest BCUT2D eigenvalue weighted by atomic mass is 16.4. The van der Waals surface area contributed by atoms with E-state index in [1.165, 1.54) is 12.3 Å². The lowest BCUT2D eigenvalue weighted by atomic mass is 10.1. The topological polar surface area (TPSA) is 108 Å². The number of hydrogen-bond acceptors (Lipinski definition) is 6. The second-order valence-electron chi connectivity index (χ2n) is 6.80. The summed E-state index contributed by atoms with van der Waals surface area (Å²) < 4.78 is 1.61. The Labute approximate surface area is 160 Å². The highest BCUT2D eigenvalue weighted by Crippen LogP contribution is 2.24. The van der Waals surface area contributed by atoms with Gasteiger partial charge in [0.15, 0.2) is 5.65 Å². The second-order valence-corrected chi connectivity index (χ2v) is 6.80. The first-order chi connectivity index (χ1) is 13.5. The van der Waals surface area contributed by atoms with Crippen molar-refractivity contribution in [3.8, 4) is 11.4 Å². The van der Waals surface area contributed by atoms with Gasteiger partial charge < -0.3 is 20.4 Å². The predicted molar refractivity (Wildman–Crippen MR) is 106 cm³/mol. The summed E-state index contributed by atoms with van der Waals surface area (Å²) in [5, 5.41) is 22.7. The van der Waals surface area contributed by atoms with Crippen LogP contribution in [0.1, 0.15) is 15.9 Å². The molecule has 1 fully saturated rings. The Morgan fingerprint density at radius 3 is 2.61 bits per heavy atom. The first-order valence-corrected chi connectivity index (χ1v) is 9.01. The smallest absolute Gasteiger partial charge is 0.341 e. The summed E-state index contributed by atoms with van der Waals surface area (Å²) in [4.78, 5) is 31.1. The average Bonchev–Trinajstić information content (AvgIpc) is 2.69. The number of carbonyl (C=O) groups is 1. The third kappa shape index (κ3) is 3.07. The first kappa shape index (κ1) is 18.0. The van der Waals surface area contributed by atoms with Crippen LogP contribution in [0, 0.1) is 6.92 Å². The van der Waals surface area contributed by atoms with Crippen molar-refractivity contribution in [3.05, 3.63) is 57.9 Å².